The highest BCUT2D eigenvalue weighted by Crippen LogP contribution is 2.13. The van der Waals surface area contributed by atoms with Crippen molar-refractivity contribution in [3.8, 4) is 0 Å². The van der Waals surface area contributed by atoms with Crippen molar-refractivity contribution in [2.24, 2.45) is 0 Å². The lowest BCUT2D eigenvalue weighted by Gasteiger charge is -2.00. The van der Waals surface area contributed by atoms with Crippen molar-refractivity contribution < 1.29 is 0 Å². The molecule has 0 fully saturated rings. The van der Waals surface area contributed by atoms with Crippen LogP contribution in [0.2, 0.25) is 0 Å². The summed E-state index contributed by atoms with van der Waals surface area (Å²) in [5, 5.41) is 0.385. The molecule has 5 nitrogen and oxygen atoms in total. The monoisotopic (exact) mass is 255 g/mol. The van der Waals surface area contributed by atoms with Gasteiger partial charge < -0.3 is 10.8 Å². The van der Waals surface area contributed by atoms with Crippen molar-refractivity contribution in [3.63, 3.8) is 0 Å². The first-order chi connectivity index (χ1) is 6.59. The SMILES string of the molecule is Nn1c(=O)[nH]c2cc(Br)ccc2c1=O. The second-order valence-electron chi connectivity index (χ2n) is 2.80. The predicted octanol–water partition coefficient (Wildman–Crippen LogP) is 0.166. The Morgan fingerprint density at radius 2 is 2.07 bits per heavy atom. The second-order valence-corrected chi connectivity index (χ2v) is 3.71. The zero-order valence-electron chi connectivity index (χ0n) is 6.95. The Bertz CT molecular complexity index is 614. The molecule has 0 saturated heterocycles. The van der Waals surface area contributed by atoms with Crippen molar-refractivity contribution in [3.05, 3.63) is 43.5 Å². The molecule has 6 heteroatoms. The largest absolute Gasteiger partial charge is 0.347 e. The maximum absolute atomic E-state index is 11.5. The van der Waals surface area contributed by atoms with Gasteiger partial charge in [0, 0.05) is 4.47 Å². The standard InChI is InChI=1S/C8H6BrN3O2/c9-4-1-2-5-6(3-4)11-8(14)12(10)7(5)13/h1-3H,10H2,(H,11,14). The normalized spacial score (nSPS) is 10.6. The quantitative estimate of drug-likeness (QED) is 0.659. The summed E-state index contributed by atoms with van der Waals surface area (Å²) in [6.07, 6.45) is 0. The third-order valence-electron chi connectivity index (χ3n) is 1.89. The average Bonchev–Trinajstić information content (AvgIpc) is 2.14. The van der Waals surface area contributed by atoms with Gasteiger partial charge in [0.2, 0.25) is 0 Å². The molecule has 0 bridgehead atoms. The van der Waals surface area contributed by atoms with Gasteiger partial charge in [-0.15, -0.1) is 0 Å². The summed E-state index contributed by atoms with van der Waals surface area (Å²) < 4.78 is 1.34. The van der Waals surface area contributed by atoms with E-state index < -0.39 is 11.2 Å². The number of aromatic amines is 1. The molecule has 0 radical (unpaired) electrons. The van der Waals surface area contributed by atoms with Crippen molar-refractivity contribution in [1.82, 2.24) is 9.66 Å². The molecule has 2 aromatic rings. The van der Waals surface area contributed by atoms with E-state index in [0.717, 1.165) is 4.47 Å². The first-order valence-electron chi connectivity index (χ1n) is 3.79. The lowest BCUT2D eigenvalue weighted by molar-refractivity contribution is 0.856. The van der Waals surface area contributed by atoms with Gasteiger partial charge in [-0.2, -0.15) is 4.68 Å². The molecule has 1 aromatic heterocycles. The summed E-state index contributed by atoms with van der Waals surface area (Å²) in [5.41, 5.74) is -0.659. The first kappa shape index (κ1) is 9.01. The molecular formula is C8H6BrN3O2. The van der Waals surface area contributed by atoms with Gasteiger partial charge in [-0.3, -0.25) is 4.79 Å². The van der Waals surface area contributed by atoms with Gasteiger partial charge in [0.25, 0.3) is 5.56 Å². The number of aromatic nitrogens is 2. The van der Waals surface area contributed by atoms with Crippen LogP contribution in [0.4, 0.5) is 0 Å². The molecule has 0 atom stereocenters. The number of nitrogen functional groups attached to an aromatic ring is 1. The van der Waals surface area contributed by atoms with Crippen LogP contribution in [0.25, 0.3) is 10.9 Å². The number of benzene rings is 1. The summed E-state index contributed by atoms with van der Waals surface area (Å²) in [6, 6.07) is 4.96. The molecule has 0 saturated carbocycles. The van der Waals surface area contributed by atoms with Crippen LogP contribution in [0, 0.1) is 0 Å². The predicted molar refractivity (Wildman–Crippen MR) is 56.7 cm³/mol. The summed E-state index contributed by atoms with van der Waals surface area (Å²) in [7, 11) is 0. The van der Waals surface area contributed by atoms with Crippen molar-refractivity contribution >= 4 is 26.8 Å². The zero-order valence-corrected chi connectivity index (χ0v) is 8.54. The van der Waals surface area contributed by atoms with Crippen LogP contribution in [-0.4, -0.2) is 9.66 Å². The third-order valence-corrected chi connectivity index (χ3v) is 2.38. The summed E-state index contributed by atoms with van der Waals surface area (Å²) in [5.74, 6) is 5.23. The smallest absolute Gasteiger partial charge is 0.332 e. The fourth-order valence-electron chi connectivity index (χ4n) is 1.20. The highest BCUT2D eigenvalue weighted by Gasteiger charge is 2.04. The van der Waals surface area contributed by atoms with Crippen LogP contribution >= 0.6 is 15.9 Å². The van der Waals surface area contributed by atoms with Crippen molar-refractivity contribution in [2.45, 2.75) is 0 Å². The minimum absolute atomic E-state index is 0.385. The van der Waals surface area contributed by atoms with E-state index in [0.29, 0.717) is 15.6 Å². The molecule has 1 heterocycles. The van der Waals surface area contributed by atoms with Gasteiger partial charge >= 0.3 is 5.69 Å². The second kappa shape index (κ2) is 2.98. The van der Waals surface area contributed by atoms with Crippen LogP contribution in [0.15, 0.2) is 32.3 Å². The van der Waals surface area contributed by atoms with Crippen LogP contribution in [0.3, 0.4) is 0 Å². The number of fused-ring (bicyclic) bond motifs is 1. The topological polar surface area (TPSA) is 80.9 Å². The Morgan fingerprint density at radius 3 is 2.79 bits per heavy atom. The average molecular weight is 256 g/mol. The fourth-order valence-corrected chi connectivity index (χ4v) is 1.56. The number of nitrogens with zero attached hydrogens (tertiary/aromatic N) is 1. The molecule has 14 heavy (non-hydrogen) atoms. The van der Waals surface area contributed by atoms with E-state index in [1.807, 2.05) is 0 Å². The van der Waals surface area contributed by atoms with Gasteiger partial charge in [-0.25, -0.2) is 4.79 Å². The lowest BCUT2D eigenvalue weighted by atomic mass is 10.2. The highest BCUT2D eigenvalue weighted by molar-refractivity contribution is 9.10. The van der Waals surface area contributed by atoms with Crippen molar-refractivity contribution in [1.29, 1.82) is 0 Å². The summed E-state index contributed by atoms with van der Waals surface area (Å²) >= 11 is 3.24. The maximum Gasteiger partial charge on any atom is 0.347 e. The van der Waals surface area contributed by atoms with Crippen LogP contribution < -0.4 is 17.1 Å². The molecule has 3 N–H and O–H groups in total. The number of halogens is 1. The highest BCUT2D eigenvalue weighted by atomic mass is 79.9. The first-order valence-corrected chi connectivity index (χ1v) is 4.58. The van der Waals surface area contributed by atoms with E-state index in [4.69, 9.17) is 5.84 Å². The lowest BCUT2D eigenvalue weighted by Crippen LogP contribution is -2.40. The number of hydrogen-bond acceptors (Lipinski definition) is 3. The minimum Gasteiger partial charge on any atom is -0.332 e. The molecular weight excluding hydrogens is 250 g/mol. The fraction of sp³-hybridized carbons (Fsp3) is 0. The maximum atomic E-state index is 11.5. The molecule has 0 aliphatic carbocycles. The van der Waals surface area contributed by atoms with Gasteiger partial charge in [0.1, 0.15) is 0 Å². The Hall–Kier alpha value is -1.56. The number of nitrogens with one attached hydrogen (secondary N) is 1. The van der Waals surface area contributed by atoms with E-state index in [-0.39, 0.29) is 0 Å². The van der Waals surface area contributed by atoms with Gasteiger partial charge in [0.05, 0.1) is 10.9 Å². The van der Waals surface area contributed by atoms with E-state index in [9.17, 15) is 9.59 Å². The molecule has 0 unspecified atom stereocenters. The number of rotatable bonds is 0. The summed E-state index contributed by atoms with van der Waals surface area (Å²) in [4.78, 5) is 25.1. The minimum atomic E-state index is -0.624. The van der Waals surface area contributed by atoms with Gasteiger partial charge in [-0.1, -0.05) is 15.9 Å². The number of nitrogens with two attached hydrogens (primary N) is 1. The molecule has 0 spiro atoms. The third kappa shape index (κ3) is 1.24. The molecule has 0 aliphatic heterocycles. The van der Waals surface area contributed by atoms with Crippen LogP contribution in [0.5, 0.6) is 0 Å². The molecule has 0 aliphatic rings. The summed E-state index contributed by atoms with van der Waals surface area (Å²) in [6.45, 7) is 0. The molecule has 0 amide bonds. The molecule has 72 valence electrons. The van der Waals surface area contributed by atoms with E-state index in [1.54, 1.807) is 18.2 Å². The zero-order chi connectivity index (χ0) is 10.3. The number of H-pyrrole nitrogens is 1. The van der Waals surface area contributed by atoms with E-state index in [1.165, 1.54) is 0 Å². The Balaban J connectivity index is 3.06. The van der Waals surface area contributed by atoms with E-state index in [2.05, 4.69) is 20.9 Å². The Morgan fingerprint density at radius 1 is 1.36 bits per heavy atom. The van der Waals surface area contributed by atoms with Crippen molar-refractivity contribution in [2.75, 3.05) is 5.84 Å². The number of hydrogen-bond donors (Lipinski definition) is 2. The Kier molecular flexibility index (Phi) is 1.92. The van der Waals surface area contributed by atoms with E-state index >= 15 is 0 Å². The van der Waals surface area contributed by atoms with Crippen LogP contribution in [0.1, 0.15) is 0 Å². The van der Waals surface area contributed by atoms with Gasteiger partial charge in [0.15, 0.2) is 0 Å². The molecule has 2 rings (SSSR count). The van der Waals surface area contributed by atoms with Crippen LogP contribution in [-0.2, 0) is 0 Å². The Labute approximate surface area is 86.3 Å². The van der Waals surface area contributed by atoms with Gasteiger partial charge in [-0.05, 0) is 18.2 Å². The molecule has 1 aromatic carbocycles.